The van der Waals surface area contributed by atoms with Crippen molar-refractivity contribution in [3.8, 4) is 0 Å². The molecule has 0 rings (SSSR count). The minimum Gasteiger partial charge on any atom is -0.390 e. The zero-order valence-corrected chi connectivity index (χ0v) is 14.9. The van der Waals surface area contributed by atoms with Gasteiger partial charge in [-0.25, -0.2) is 0 Å². The molecule has 1 unspecified atom stereocenters. The fourth-order valence-electron chi connectivity index (χ4n) is 2.10. The molecule has 0 heterocycles. The summed E-state index contributed by atoms with van der Waals surface area (Å²) in [6.45, 7) is 6.30. The fraction of sp³-hybridized carbons (Fsp3) is 0.619. The number of unbranched alkanes of at least 4 members (excludes halogenated alkanes) is 3. The summed E-state index contributed by atoms with van der Waals surface area (Å²) in [5, 5.41) is 10.1. The van der Waals surface area contributed by atoms with Crippen molar-refractivity contribution >= 4 is 0 Å². The first-order valence-electron chi connectivity index (χ1n) is 8.96. The Hall–Kier alpha value is -1.08. The molecule has 0 aromatic carbocycles. The lowest BCUT2D eigenvalue weighted by molar-refractivity contribution is 0.0517. The summed E-state index contributed by atoms with van der Waals surface area (Å²) in [5.74, 6) is 0. The van der Waals surface area contributed by atoms with Gasteiger partial charge in [-0.05, 0) is 39.0 Å². The second-order valence-electron chi connectivity index (χ2n) is 6.22. The Kier molecular flexibility index (Phi) is 14.1. The van der Waals surface area contributed by atoms with Crippen LogP contribution in [0, 0.1) is 0 Å². The lowest BCUT2D eigenvalue weighted by atomic mass is 9.95. The molecule has 1 N–H and O–H groups in total. The first-order chi connectivity index (χ1) is 10.6. The molecular weight excluding hydrogens is 268 g/mol. The number of aliphatic hydroxyl groups is 1. The molecule has 0 aliphatic carbocycles. The Bertz CT molecular complexity index is 345. The molecule has 0 amide bonds. The summed E-state index contributed by atoms with van der Waals surface area (Å²) in [7, 11) is 0. The van der Waals surface area contributed by atoms with Crippen LogP contribution >= 0.6 is 0 Å². The Labute approximate surface area is 138 Å². The molecule has 22 heavy (non-hydrogen) atoms. The van der Waals surface area contributed by atoms with E-state index in [-0.39, 0.29) is 0 Å². The van der Waals surface area contributed by atoms with E-state index < -0.39 is 5.60 Å². The predicted octanol–water partition coefficient (Wildman–Crippen LogP) is 6.51. The molecule has 0 spiro atoms. The van der Waals surface area contributed by atoms with Gasteiger partial charge in [-0.3, -0.25) is 0 Å². The van der Waals surface area contributed by atoms with E-state index in [0.717, 1.165) is 38.5 Å². The molecule has 126 valence electrons. The van der Waals surface area contributed by atoms with Gasteiger partial charge in [-0.15, -0.1) is 0 Å². The van der Waals surface area contributed by atoms with E-state index in [0.29, 0.717) is 0 Å². The Morgan fingerprint density at radius 3 is 2.05 bits per heavy atom. The van der Waals surface area contributed by atoms with Crippen LogP contribution in [0.4, 0.5) is 0 Å². The highest BCUT2D eigenvalue weighted by molar-refractivity contribution is 5.06. The minimum absolute atomic E-state index is 0.551. The Morgan fingerprint density at radius 1 is 0.773 bits per heavy atom. The van der Waals surface area contributed by atoms with E-state index in [1.807, 2.05) is 13.0 Å². The summed E-state index contributed by atoms with van der Waals surface area (Å²) < 4.78 is 0. The molecule has 1 heteroatoms. The van der Waals surface area contributed by atoms with Crippen LogP contribution in [0.1, 0.15) is 78.6 Å². The lowest BCUT2D eigenvalue weighted by Gasteiger charge is -2.20. The average molecular weight is 305 g/mol. The van der Waals surface area contributed by atoms with Crippen LogP contribution in [0.3, 0.4) is 0 Å². The molecule has 0 aliphatic rings. The van der Waals surface area contributed by atoms with Gasteiger partial charge in [0, 0.05) is 0 Å². The zero-order valence-electron chi connectivity index (χ0n) is 14.9. The maximum absolute atomic E-state index is 10.1. The lowest BCUT2D eigenvalue weighted by Crippen LogP contribution is -2.22. The monoisotopic (exact) mass is 304 g/mol. The van der Waals surface area contributed by atoms with Gasteiger partial charge in [-0.1, -0.05) is 88.1 Å². The van der Waals surface area contributed by atoms with E-state index >= 15 is 0 Å². The van der Waals surface area contributed by atoms with Crippen LogP contribution in [0.25, 0.3) is 0 Å². The van der Waals surface area contributed by atoms with Crippen molar-refractivity contribution in [1.82, 2.24) is 0 Å². The van der Waals surface area contributed by atoms with Gasteiger partial charge in [-0.2, -0.15) is 0 Å². The Balaban J connectivity index is 3.69. The normalized spacial score (nSPS) is 15.6. The van der Waals surface area contributed by atoms with E-state index in [2.05, 4.69) is 56.4 Å². The van der Waals surface area contributed by atoms with Crippen LogP contribution in [0.15, 0.2) is 48.6 Å². The quantitative estimate of drug-likeness (QED) is 0.233. The van der Waals surface area contributed by atoms with Gasteiger partial charge in [0.1, 0.15) is 0 Å². The molecule has 0 radical (unpaired) electrons. The highest BCUT2D eigenvalue weighted by Gasteiger charge is 2.16. The van der Waals surface area contributed by atoms with Gasteiger partial charge < -0.3 is 5.11 Å². The smallest absolute Gasteiger partial charge is 0.0654 e. The maximum Gasteiger partial charge on any atom is 0.0654 e. The molecule has 0 bridgehead atoms. The van der Waals surface area contributed by atoms with Crippen LogP contribution in [0.2, 0.25) is 0 Å². The molecule has 0 fully saturated rings. The third-order valence-electron chi connectivity index (χ3n) is 3.61. The van der Waals surface area contributed by atoms with Crippen molar-refractivity contribution in [2.75, 3.05) is 0 Å². The molecule has 1 nitrogen and oxygen atoms in total. The number of allylic oxidation sites excluding steroid dienone is 7. The SMILES string of the molecule is CCCC/C=C/C/C=C/C/C=C/C=C/CC(C)(O)CCCC. The van der Waals surface area contributed by atoms with E-state index in [1.165, 1.54) is 19.3 Å². The third kappa shape index (κ3) is 15.3. The molecule has 0 aromatic rings. The summed E-state index contributed by atoms with van der Waals surface area (Å²) in [5.41, 5.74) is -0.551. The molecule has 0 aromatic heterocycles. The third-order valence-corrected chi connectivity index (χ3v) is 3.61. The van der Waals surface area contributed by atoms with Crippen molar-refractivity contribution in [2.45, 2.75) is 84.2 Å². The van der Waals surface area contributed by atoms with E-state index in [4.69, 9.17) is 0 Å². The predicted molar refractivity (Wildman–Crippen MR) is 100 cm³/mol. The van der Waals surface area contributed by atoms with Gasteiger partial charge in [0.05, 0.1) is 5.60 Å². The topological polar surface area (TPSA) is 20.2 Å². The molecular formula is C21H36O. The number of hydrogen-bond acceptors (Lipinski definition) is 1. The highest BCUT2D eigenvalue weighted by atomic mass is 16.3. The van der Waals surface area contributed by atoms with Crippen molar-refractivity contribution in [2.24, 2.45) is 0 Å². The van der Waals surface area contributed by atoms with Crippen LogP contribution in [-0.4, -0.2) is 10.7 Å². The second-order valence-corrected chi connectivity index (χ2v) is 6.22. The van der Waals surface area contributed by atoms with Crippen LogP contribution in [0.5, 0.6) is 0 Å². The average Bonchev–Trinajstić information content (AvgIpc) is 2.50. The van der Waals surface area contributed by atoms with Crippen molar-refractivity contribution in [3.63, 3.8) is 0 Å². The summed E-state index contributed by atoms with van der Waals surface area (Å²) in [4.78, 5) is 0. The molecule has 1 atom stereocenters. The largest absolute Gasteiger partial charge is 0.390 e. The number of hydrogen-bond donors (Lipinski definition) is 1. The standard InChI is InChI=1S/C21H36O/c1-4-6-8-9-10-11-12-13-14-15-16-17-18-20-21(3,22)19-7-5-2/h9-10,12-13,15-18,22H,4-8,11,14,19-20H2,1-3H3/b10-9+,13-12+,16-15+,18-17+. The highest BCUT2D eigenvalue weighted by Crippen LogP contribution is 2.18. The zero-order chi connectivity index (χ0) is 16.5. The van der Waals surface area contributed by atoms with Crippen molar-refractivity contribution in [1.29, 1.82) is 0 Å². The summed E-state index contributed by atoms with van der Waals surface area (Å²) in [6, 6.07) is 0. The summed E-state index contributed by atoms with van der Waals surface area (Å²) in [6.07, 6.45) is 26.9. The molecule has 0 aliphatic heterocycles. The first-order valence-corrected chi connectivity index (χ1v) is 8.96. The molecule has 0 saturated carbocycles. The van der Waals surface area contributed by atoms with Gasteiger partial charge in [0.25, 0.3) is 0 Å². The van der Waals surface area contributed by atoms with Crippen molar-refractivity contribution in [3.05, 3.63) is 48.6 Å². The maximum atomic E-state index is 10.1. The fourth-order valence-corrected chi connectivity index (χ4v) is 2.10. The summed E-state index contributed by atoms with van der Waals surface area (Å²) >= 11 is 0. The first kappa shape index (κ1) is 20.9. The van der Waals surface area contributed by atoms with Crippen LogP contribution in [-0.2, 0) is 0 Å². The van der Waals surface area contributed by atoms with Crippen molar-refractivity contribution < 1.29 is 5.11 Å². The van der Waals surface area contributed by atoms with Gasteiger partial charge in [0.2, 0.25) is 0 Å². The Morgan fingerprint density at radius 2 is 1.36 bits per heavy atom. The molecule has 0 saturated heterocycles. The van der Waals surface area contributed by atoms with Gasteiger partial charge >= 0.3 is 0 Å². The van der Waals surface area contributed by atoms with E-state index in [1.54, 1.807) is 0 Å². The minimum atomic E-state index is -0.551. The second kappa shape index (κ2) is 14.8. The van der Waals surface area contributed by atoms with E-state index in [9.17, 15) is 5.11 Å². The van der Waals surface area contributed by atoms with Gasteiger partial charge in [0.15, 0.2) is 0 Å². The van der Waals surface area contributed by atoms with Crippen LogP contribution < -0.4 is 0 Å². The number of rotatable bonds is 13.